The predicted octanol–water partition coefficient (Wildman–Crippen LogP) is 4.09. The number of benzene rings is 1. The van der Waals surface area contributed by atoms with Crippen LogP contribution in [0.3, 0.4) is 0 Å². The average molecular weight is 354 g/mol. The average Bonchev–Trinajstić information content (AvgIpc) is 2.61. The molecule has 5 heteroatoms. The molecule has 0 bridgehead atoms. The van der Waals surface area contributed by atoms with E-state index < -0.39 is 0 Å². The maximum atomic E-state index is 9.78. The minimum absolute atomic E-state index is 0.275. The molecule has 5 nitrogen and oxygen atoms in total. The fourth-order valence-electron chi connectivity index (χ4n) is 2.62. The van der Waals surface area contributed by atoms with Crippen molar-refractivity contribution in [1.82, 2.24) is 0 Å². The van der Waals surface area contributed by atoms with E-state index in [1.807, 2.05) is 13.8 Å². The summed E-state index contributed by atoms with van der Waals surface area (Å²) in [5, 5.41) is 9.78. The zero-order valence-corrected chi connectivity index (χ0v) is 16.2. The summed E-state index contributed by atoms with van der Waals surface area (Å²) in [5.41, 5.74) is 2.12. The minimum atomic E-state index is -0.275. The van der Waals surface area contributed by atoms with Crippen LogP contribution in [0.1, 0.15) is 51.7 Å². The molecule has 0 fully saturated rings. The van der Waals surface area contributed by atoms with Crippen molar-refractivity contribution >= 4 is 0 Å². The second kappa shape index (κ2) is 13.0. The Morgan fingerprint density at radius 2 is 1.44 bits per heavy atom. The quantitative estimate of drug-likeness (QED) is 0.403. The maximum Gasteiger partial charge on any atom is 0.180 e. The van der Waals surface area contributed by atoms with Gasteiger partial charge in [0.25, 0.3) is 0 Å². The Bertz CT molecular complexity index is 444. The van der Waals surface area contributed by atoms with Crippen molar-refractivity contribution in [3.8, 4) is 11.5 Å². The molecule has 0 aliphatic heterocycles. The van der Waals surface area contributed by atoms with Crippen molar-refractivity contribution in [3.05, 3.63) is 23.3 Å². The summed E-state index contributed by atoms with van der Waals surface area (Å²) in [4.78, 5) is 0. The van der Waals surface area contributed by atoms with Crippen LogP contribution in [-0.4, -0.2) is 44.4 Å². The Balaban J connectivity index is 2.30. The summed E-state index contributed by atoms with van der Waals surface area (Å²) in [6.07, 6.45) is 3.25. The first-order valence-electron chi connectivity index (χ1n) is 9.44. The Labute approximate surface area is 152 Å². The Morgan fingerprint density at radius 1 is 0.880 bits per heavy atom. The van der Waals surface area contributed by atoms with E-state index in [-0.39, 0.29) is 6.29 Å². The van der Waals surface area contributed by atoms with Gasteiger partial charge in [-0.25, -0.2) is 0 Å². The van der Waals surface area contributed by atoms with Crippen molar-refractivity contribution < 1.29 is 24.1 Å². The molecule has 1 aromatic rings. The standard InChI is InChI=1S/C20H34O5/c1-5-16-13-18(21)14-17(6-2)20(16)25-12-10-9-11-22-15-19(23-7-3)24-8-4/h13-14,19,21H,5-12,15H2,1-4H3. The second-order valence-corrected chi connectivity index (χ2v) is 5.77. The van der Waals surface area contributed by atoms with Gasteiger partial charge in [-0.15, -0.1) is 0 Å². The number of rotatable bonds is 14. The molecule has 1 rings (SSSR count). The van der Waals surface area contributed by atoms with Crippen molar-refractivity contribution in [3.63, 3.8) is 0 Å². The summed E-state index contributed by atoms with van der Waals surface area (Å²) in [6, 6.07) is 3.58. The molecule has 0 atom stereocenters. The van der Waals surface area contributed by atoms with Gasteiger partial charge in [-0.2, -0.15) is 0 Å². The third-order valence-electron chi connectivity index (χ3n) is 3.88. The summed E-state index contributed by atoms with van der Waals surface area (Å²) < 4.78 is 22.5. The van der Waals surface area contributed by atoms with Crippen molar-refractivity contribution in [1.29, 1.82) is 0 Å². The van der Waals surface area contributed by atoms with E-state index in [1.165, 1.54) is 0 Å². The Kier molecular flexibility index (Phi) is 11.3. The highest BCUT2D eigenvalue weighted by Gasteiger charge is 2.10. The van der Waals surface area contributed by atoms with Crippen LogP contribution in [0.4, 0.5) is 0 Å². The number of aromatic hydroxyl groups is 1. The monoisotopic (exact) mass is 354 g/mol. The first-order valence-corrected chi connectivity index (χ1v) is 9.44. The fraction of sp³-hybridized carbons (Fsp3) is 0.700. The number of hydrogen-bond acceptors (Lipinski definition) is 5. The van der Waals surface area contributed by atoms with Gasteiger partial charge >= 0.3 is 0 Å². The molecule has 1 aromatic carbocycles. The minimum Gasteiger partial charge on any atom is -0.508 e. The SMILES string of the molecule is CCOC(COCCCCOc1c(CC)cc(O)cc1CC)OCC. The molecule has 0 heterocycles. The molecule has 0 unspecified atom stereocenters. The van der Waals surface area contributed by atoms with Gasteiger partial charge in [0.2, 0.25) is 0 Å². The molecular formula is C20H34O5. The largest absolute Gasteiger partial charge is 0.508 e. The first-order chi connectivity index (χ1) is 12.2. The second-order valence-electron chi connectivity index (χ2n) is 5.77. The smallest absolute Gasteiger partial charge is 0.180 e. The highest BCUT2D eigenvalue weighted by Crippen LogP contribution is 2.30. The predicted molar refractivity (Wildman–Crippen MR) is 99.5 cm³/mol. The lowest BCUT2D eigenvalue weighted by Crippen LogP contribution is -2.23. The third-order valence-corrected chi connectivity index (χ3v) is 3.88. The third kappa shape index (κ3) is 8.08. The summed E-state index contributed by atoms with van der Waals surface area (Å²) in [5.74, 6) is 1.24. The lowest BCUT2D eigenvalue weighted by atomic mass is 10.0. The van der Waals surface area contributed by atoms with Crippen LogP contribution in [0.5, 0.6) is 11.5 Å². The van der Waals surface area contributed by atoms with E-state index >= 15 is 0 Å². The molecule has 0 aliphatic rings. The van der Waals surface area contributed by atoms with E-state index in [0.717, 1.165) is 42.6 Å². The van der Waals surface area contributed by atoms with E-state index in [4.69, 9.17) is 18.9 Å². The van der Waals surface area contributed by atoms with Crippen LogP contribution in [-0.2, 0) is 27.1 Å². The molecule has 0 saturated carbocycles. The molecule has 0 aromatic heterocycles. The number of ether oxygens (including phenoxy) is 4. The van der Waals surface area contributed by atoms with Crippen molar-refractivity contribution in [2.75, 3.05) is 33.0 Å². The number of phenolic OH excluding ortho intramolecular Hbond substituents is 1. The number of phenols is 1. The van der Waals surface area contributed by atoms with Gasteiger partial charge in [0.05, 0.1) is 13.2 Å². The Hall–Kier alpha value is -1.30. The van der Waals surface area contributed by atoms with Gasteiger partial charge in [0.15, 0.2) is 6.29 Å². The fourth-order valence-corrected chi connectivity index (χ4v) is 2.62. The van der Waals surface area contributed by atoms with Gasteiger partial charge in [-0.05, 0) is 62.8 Å². The van der Waals surface area contributed by atoms with Gasteiger partial charge in [-0.3, -0.25) is 0 Å². The lowest BCUT2D eigenvalue weighted by molar-refractivity contribution is -0.167. The molecule has 0 aliphatic carbocycles. The molecule has 0 spiro atoms. The number of aryl methyl sites for hydroxylation is 2. The highest BCUT2D eigenvalue weighted by molar-refractivity contribution is 5.47. The van der Waals surface area contributed by atoms with Gasteiger partial charge < -0.3 is 24.1 Å². The number of hydrogen-bond donors (Lipinski definition) is 1. The number of unbranched alkanes of at least 4 members (excludes halogenated alkanes) is 1. The van der Waals surface area contributed by atoms with Gasteiger partial charge in [0, 0.05) is 19.8 Å². The van der Waals surface area contributed by atoms with E-state index in [1.54, 1.807) is 12.1 Å². The first kappa shape index (κ1) is 21.7. The lowest BCUT2D eigenvalue weighted by Gasteiger charge is -2.17. The molecule has 1 N–H and O–H groups in total. The van der Waals surface area contributed by atoms with Crippen LogP contribution in [0.25, 0.3) is 0 Å². The van der Waals surface area contributed by atoms with Crippen LogP contribution in [0.15, 0.2) is 12.1 Å². The molecule has 0 radical (unpaired) electrons. The van der Waals surface area contributed by atoms with Crippen LogP contribution in [0, 0.1) is 0 Å². The zero-order chi connectivity index (χ0) is 18.5. The normalized spacial score (nSPS) is 11.2. The van der Waals surface area contributed by atoms with Crippen LogP contribution < -0.4 is 4.74 Å². The molecule has 0 amide bonds. The van der Waals surface area contributed by atoms with Gasteiger partial charge in [-0.1, -0.05) is 13.8 Å². The maximum absolute atomic E-state index is 9.78. The van der Waals surface area contributed by atoms with Crippen LogP contribution in [0.2, 0.25) is 0 Å². The Morgan fingerprint density at radius 3 is 1.96 bits per heavy atom. The van der Waals surface area contributed by atoms with Gasteiger partial charge in [0.1, 0.15) is 11.5 Å². The van der Waals surface area contributed by atoms with Crippen molar-refractivity contribution in [2.24, 2.45) is 0 Å². The van der Waals surface area contributed by atoms with E-state index in [9.17, 15) is 5.11 Å². The molecule has 144 valence electrons. The van der Waals surface area contributed by atoms with E-state index in [2.05, 4.69) is 13.8 Å². The molecular weight excluding hydrogens is 320 g/mol. The molecule has 25 heavy (non-hydrogen) atoms. The highest BCUT2D eigenvalue weighted by atomic mass is 16.7. The van der Waals surface area contributed by atoms with Crippen molar-refractivity contribution in [2.45, 2.75) is 59.7 Å². The summed E-state index contributed by atoms with van der Waals surface area (Å²) >= 11 is 0. The van der Waals surface area contributed by atoms with Crippen LogP contribution >= 0.6 is 0 Å². The summed E-state index contributed by atoms with van der Waals surface area (Å²) in [7, 11) is 0. The zero-order valence-electron chi connectivity index (χ0n) is 16.2. The summed E-state index contributed by atoms with van der Waals surface area (Å²) in [6.45, 7) is 11.0. The topological polar surface area (TPSA) is 57.2 Å². The molecule has 0 saturated heterocycles. The van der Waals surface area contributed by atoms with E-state index in [0.29, 0.717) is 38.8 Å².